The van der Waals surface area contributed by atoms with Gasteiger partial charge in [-0.25, -0.2) is 4.90 Å². The quantitative estimate of drug-likeness (QED) is 0.523. The minimum absolute atomic E-state index is 0.239. The van der Waals surface area contributed by atoms with Gasteiger partial charge in [0, 0.05) is 23.9 Å². The first kappa shape index (κ1) is 21.1. The van der Waals surface area contributed by atoms with Crippen molar-refractivity contribution in [3.63, 3.8) is 0 Å². The van der Waals surface area contributed by atoms with Crippen molar-refractivity contribution in [2.75, 3.05) is 19.1 Å². The van der Waals surface area contributed by atoms with E-state index in [2.05, 4.69) is 6.92 Å². The molecule has 1 unspecified atom stereocenters. The van der Waals surface area contributed by atoms with E-state index in [9.17, 15) is 9.59 Å². The van der Waals surface area contributed by atoms with Crippen molar-refractivity contribution in [1.29, 1.82) is 0 Å². The Morgan fingerprint density at radius 1 is 0.968 bits per heavy atom. The number of imide groups is 1. The second-order valence-corrected chi connectivity index (χ2v) is 8.29. The van der Waals surface area contributed by atoms with E-state index in [4.69, 9.17) is 14.5 Å². The molecule has 1 aliphatic heterocycles. The Balaban J connectivity index is 1.70. The summed E-state index contributed by atoms with van der Waals surface area (Å²) in [6, 6.07) is 12.6. The fourth-order valence-corrected chi connectivity index (χ4v) is 4.41. The summed E-state index contributed by atoms with van der Waals surface area (Å²) < 4.78 is 10.7. The summed E-state index contributed by atoms with van der Waals surface area (Å²) in [6.07, 6.45) is 6.15. The Kier molecular flexibility index (Phi) is 6.07. The van der Waals surface area contributed by atoms with Crippen LogP contribution in [0.4, 0.5) is 5.69 Å². The number of anilines is 1. The summed E-state index contributed by atoms with van der Waals surface area (Å²) in [5.74, 6) is 0.491. The van der Waals surface area contributed by atoms with Gasteiger partial charge in [-0.05, 0) is 55.4 Å². The lowest BCUT2D eigenvalue weighted by Crippen LogP contribution is -2.45. The van der Waals surface area contributed by atoms with Gasteiger partial charge in [-0.3, -0.25) is 14.6 Å². The number of nitrogens with zero attached hydrogens (tertiary/aromatic N) is 2. The third-order valence-corrected chi connectivity index (χ3v) is 6.27. The summed E-state index contributed by atoms with van der Waals surface area (Å²) in [5.41, 5.74) is 1.68. The molecule has 0 aromatic heterocycles. The molecule has 6 nitrogen and oxygen atoms in total. The molecule has 2 amide bonds. The number of benzene rings is 2. The van der Waals surface area contributed by atoms with E-state index < -0.39 is 5.92 Å². The van der Waals surface area contributed by atoms with Crippen molar-refractivity contribution in [3.05, 3.63) is 53.6 Å². The van der Waals surface area contributed by atoms with Gasteiger partial charge in [0.1, 0.15) is 0 Å². The number of amides is 2. The van der Waals surface area contributed by atoms with Gasteiger partial charge in [0.05, 0.1) is 25.8 Å². The molecule has 162 valence electrons. The number of carbonyl (C=O) groups is 2. The standard InChI is InChI=1S/C25H28N2O4/c1-16-8-10-17(11-9-16)26-15-21-19-6-4-5-7-20(19)24(28)27(25(21)29)18-12-13-22(30-2)23(14-18)31-3/h4-7,12-17,21H,8-11H2,1-3H3. The van der Waals surface area contributed by atoms with Gasteiger partial charge >= 0.3 is 0 Å². The van der Waals surface area contributed by atoms with Gasteiger partial charge in [0.2, 0.25) is 5.91 Å². The third-order valence-electron chi connectivity index (χ3n) is 6.27. The third kappa shape index (κ3) is 4.07. The smallest absolute Gasteiger partial charge is 0.265 e. The van der Waals surface area contributed by atoms with Crippen LogP contribution in [0.2, 0.25) is 0 Å². The maximum absolute atomic E-state index is 13.5. The Hall–Kier alpha value is -3.15. The van der Waals surface area contributed by atoms with Crippen molar-refractivity contribution in [2.24, 2.45) is 10.9 Å². The van der Waals surface area contributed by atoms with E-state index in [1.54, 1.807) is 37.6 Å². The maximum Gasteiger partial charge on any atom is 0.265 e. The van der Waals surface area contributed by atoms with Crippen LogP contribution in [0.25, 0.3) is 0 Å². The molecule has 1 heterocycles. The van der Waals surface area contributed by atoms with E-state index in [-0.39, 0.29) is 17.9 Å². The van der Waals surface area contributed by atoms with Crippen LogP contribution >= 0.6 is 0 Å². The number of methoxy groups -OCH3 is 2. The van der Waals surface area contributed by atoms with Crippen LogP contribution in [0.5, 0.6) is 11.5 Å². The molecule has 31 heavy (non-hydrogen) atoms. The van der Waals surface area contributed by atoms with Crippen LogP contribution in [0, 0.1) is 5.92 Å². The first-order valence-electron chi connectivity index (χ1n) is 10.8. The Morgan fingerprint density at radius 2 is 1.68 bits per heavy atom. The van der Waals surface area contributed by atoms with Crippen molar-refractivity contribution < 1.29 is 19.1 Å². The Morgan fingerprint density at radius 3 is 2.39 bits per heavy atom. The van der Waals surface area contributed by atoms with Crippen LogP contribution in [-0.2, 0) is 4.79 Å². The molecule has 0 N–H and O–H groups in total. The van der Waals surface area contributed by atoms with Crippen LogP contribution < -0.4 is 14.4 Å². The largest absolute Gasteiger partial charge is 0.493 e. The average Bonchev–Trinajstić information content (AvgIpc) is 2.80. The molecule has 0 bridgehead atoms. The van der Waals surface area contributed by atoms with Gasteiger partial charge in [-0.2, -0.15) is 0 Å². The Labute approximate surface area is 182 Å². The molecule has 0 radical (unpaired) electrons. The van der Waals surface area contributed by atoms with Crippen molar-refractivity contribution in [1.82, 2.24) is 0 Å². The zero-order chi connectivity index (χ0) is 22.0. The first-order valence-corrected chi connectivity index (χ1v) is 10.8. The first-order chi connectivity index (χ1) is 15.0. The number of hydrogen-bond acceptors (Lipinski definition) is 5. The Bertz CT molecular complexity index is 1010. The fourth-order valence-electron chi connectivity index (χ4n) is 4.41. The number of rotatable bonds is 5. The van der Waals surface area contributed by atoms with Gasteiger partial charge in [-0.1, -0.05) is 25.1 Å². The summed E-state index contributed by atoms with van der Waals surface area (Å²) in [6.45, 7) is 2.27. The molecule has 0 saturated heterocycles. The summed E-state index contributed by atoms with van der Waals surface area (Å²) in [5, 5.41) is 0. The van der Waals surface area contributed by atoms with Crippen molar-refractivity contribution in [3.8, 4) is 11.5 Å². The monoisotopic (exact) mass is 420 g/mol. The number of ether oxygens (including phenoxy) is 2. The van der Waals surface area contributed by atoms with Crippen LogP contribution in [0.1, 0.15) is 54.4 Å². The van der Waals surface area contributed by atoms with E-state index in [1.807, 2.05) is 18.2 Å². The van der Waals surface area contributed by atoms with Gasteiger partial charge in [0.25, 0.3) is 5.91 Å². The van der Waals surface area contributed by atoms with Crippen molar-refractivity contribution in [2.45, 2.75) is 44.6 Å². The maximum atomic E-state index is 13.5. The molecular weight excluding hydrogens is 392 g/mol. The predicted octanol–water partition coefficient (Wildman–Crippen LogP) is 4.62. The second kappa shape index (κ2) is 8.92. The second-order valence-electron chi connectivity index (χ2n) is 8.29. The highest BCUT2D eigenvalue weighted by Gasteiger charge is 2.39. The number of fused-ring (bicyclic) bond motifs is 1. The number of hydrogen-bond donors (Lipinski definition) is 0. The summed E-state index contributed by atoms with van der Waals surface area (Å²) in [7, 11) is 3.07. The van der Waals surface area contributed by atoms with Crippen molar-refractivity contribution >= 4 is 23.7 Å². The minimum atomic E-state index is -0.596. The normalized spacial score (nSPS) is 23.7. The van der Waals surface area contributed by atoms with E-state index in [0.29, 0.717) is 28.3 Å². The fraction of sp³-hybridized carbons (Fsp3) is 0.400. The highest BCUT2D eigenvalue weighted by atomic mass is 16.5. The van der Waals surface area contributed by atoms with Crippen LogP contribution in [0.3, 0.4) is 0 Å². The molecule has 2 aromatic rings. The molecule has 2 aliphatic rings. The summed E-state index contributed by atoms with van der Waals surface area (Å²) >= 11 is 0. The lowest BCUT2D eigenvalue weighted by molar-refractivity contribution is -0.118. The molecule has 2 aromatic carbocycles. The topological polar surface area (TPSA) is 68.2 Å². The molecule has 1 atom stereocenters. The molecule has 0 spiro atoms. The van der Waals surface area contributed by atoms with Gasteiger partial charge < -0.3 is 9.47 Å². The lowest BCUT2D eigenvalue weighted by Gasteiger charge is -2.31. The van der Waals surface area contributed by atoms with Crippen LogP contribution in [-0.4, -0.2) is 38.3 Å². The molecule has 6 heteroatoms. The highest BCUT2D eigenvalue weighted by Crippen LogP contribution is 2.36. The SMILES string of the molecule is COc1ccc(N2C(=O)c3ccccc3C(C=NC3CCC(C)CC3)C2=O)cc1OC. The van der Waals surface area contributed by atoms with E-state index in [1.165, 1.54) is 12.0 Å². The summed E-state index contributed by atoms with van der Waals surface area (Å²) in [4.78, 5) is 32.8. The zero-order valence-electron chi connectivity index (χ0n) is 18.2. The molecule has 1 saturated carbocycles. The van der Waals surface area contributed by atoms with Gasteiger partial charge in [0.15, 0.2) is 11.5 Å². The molecule has 4 rings (SSSR count). The molecule has 1 aliphatic carbocycles. The predicted molar refractivity (Wildman–Crippen MR) is 120 cm³/mol. The number of aliphatic imine (C=N–C) groups is 1. The van der Waals surface area contributed by atoms with Crippen LogP contribution in [0.15, 0.2) is 47.5 Å². The van der Waals surface area contributed by atoms with E-state index >= 15 is 0 Å². The molecule has 1 fully saturated rings. The van der Waals surface area contributed by atoms with E-state index in [0.717, 1.165) is 31.6 Å². The lowest BCUT2D eigenvalue weighted by atomic mass is 9.87. The zero-order valence-corrected chi connectivity index (χ0v) is 18.2. The minimum Gasteiger partial charge on any atom is -0.493 e. The highest BCUT2D eigenvalue weighted by molar-refractivity contribution is 6.29. The average molecular weight is 421 g/mol. The van der Waals surface area contributed by atoms with Gasteiger partial charge in [-0.15, -0.1) is 0 Å². The number of carbonyl (C=O) groups excluding carboxylic acids is 2. The molecular formula is C25H28N2O4.